The van der Waals surface area contributed by atoms with Crippen LogP contribution >= 0.6 is 46.3 Å². The van der Waals surface area contributed by atoms with Crippen LogP contribution in [0.25, 0.3) is 0 Å². The Morgan fingerprint density at radius 1 is 1.26 bits per heavy atom. The molecule has 1 unspecified atom stereocenters. The molecule has 3 rings (SSSR count). The molecule has 0 aliphatic heterocycles. The van der Waals surface area contributed by atoms with Crippen LogP contribution in [-0.4, -0.2) is 44.0 Å². The smallest absolute Gasteiger partial charge is 0.350 e. The number of nitrogens with one attached hydrogen (secondary N) is 1. The maximum absolute atomic E-state index is 12.5. The third-order valence-corrected chi connectivity index (χ3v) is 7.03. The van der Waals surface area contributed by atoms with Crippen molar-refractivity contribution >= 4 is 63.3 Å². The molecule has 1 N–H and O–H groups in total. The topological polar surface area (TPSA) is 108 Å². The summed E-state index contributed by atoms with van der Waals surface area (Å²) in [6.07, 6.45) is -0.453. The van der Waals surface area contributed by atoms with Gasteiger partial charge in [-0.15, -0.1) is 10.2 Å². The molecule has 0 aliphatic rings. The highest BCUT2D eigenvalue weighted by Gasteiger charge is 2.21. The van der Waals surface area contributed by atoms with E-state index in [4.69, 9.17) is 32.7 Å². The van der Waals surface area contributed by atoms with Crippen molar-refractivity contribution < 1.29 is 19.1 Å². The number of halogens is 2. The molecule has 3 aromatic rings. The van der Waals surface area contributed by atoms with E-state index in [0.29, 0.717) is 49.0 Å². The summed E-state index contributed by atoms with van der Waals surface area (Å²) in [5.74, 6) is 0.390. The quantitative estimate of drug-likeness (QED) is 0.266. The Morgan fingerprint density at radius 3 is 2.74 bits per heavy atom. The molecule has 34 heavy (non-hydrogen) atoms. The number of anilines is 1. The zero-order valence-corrected chi connectivity index (χ0v) is 22.1. The number of hydrogen-bond acceptors (Lipinski definition) is 9. The van der Waals surface area contributed by atoms with E-state index >= 15 is 0 Å². The van der Waals surface area contributed by atoms with Gasteiger partial charge in [-0.1, -0.05) is 46.3 Å². The second kappa shape index (κ2) is 11.9. The fourth-order valence-corrected chi connectivity index (χ4v) is 4.95. The fourth-order valence-electron chi connectivity index (χ4n) is 2.94. The van der Waals surface area contributed by atoms with Gasteiger partial charge in [0.05, 0.1) is 23.1 Å². The molecule has 182 valence electrons. The van der Waals surface area contributed by atoms with Crippen molar-refractivity contribution in [2.45, 2.75) is 45.5 Å². The van der Waals surface area contributed by atoms with Crippen molar-refractivity contribution in [3.63, 3.8) is 0 Å². The van der Waals surface area contributed by atoms with Gasteiger partial charge in [-0.3, -0.25) is 4.79 Å². The van der Waals surface area contributed by atoms with Crippen LogP contribution in [0.2, 0.25) is 10.0 Å². The summed E-state index contributed by atoms with van der Waals surface area (Å²) >= 11 is 14.5. The van der Waals surface area contributed by atoms with E-state index in [1.54, 1.807) is 32.0 Å². The van der Waals surface area contributed by atoms with Gasteiger partial charge in [0.1, 0.15) is 10.6 Å². The van der Waals surface area contributed by atoms with E-state index < -0.39 is 12.1 Å². The summed E-state index contributed by atoms with van der Waals surface area (Å²) in [6.45, 7) is 8.06. The molecule has 9 nitrogen and oxygen atoms in total. The van der Waals surface area contributed by atoms with Gasteiger partial charge in [0.2, 0.25) is 5.91 Å². The van der Waals surface area contributed by atoms with Crippen molar-refractivity contribution in [2.24, 2.45) is 0 Å². The van der Waals surface area contributed by atoms with Gasteiger partial charge in [-0.2, -0.15) is 0 Å². The minimum Gasteiger partial charge on any atom is -0.481 e. The number of thiazole rings is 1. The maximum Gasteiger partial charge on any atom is 0.350 e. The molecule has 0 spiro atoms. The maximum atomic E-state index is 12.5. The Labute approximate surface area is 215 Å². The van der Waals surface area contributed by atoms with Gasteiger partial charge in [-0.25, -0.2) is 9.78 Å². The first kappa shape index (κ1) is 26.3. The number of thioether (sulfide) groups is 1. The van der Waals surface area contributed by atoms with Gasteiger partial charge in [0, 0.05) is 17.6 Å². The predicted molar refractivity (Wildman–Crippen MR) is 133 cm³/mol. The minimum absolute atomic E-state index is 0.0842. The van der Waals surface area contributed by atoms with Crippen LogP contribution < -0.4 is 10.1 Å². The number of carbonyl (C=O) groups is 2. The van der Waals surface area contributed by atoms with Crippen molar-refractivity contribution in [3.8, 4) is 5.75 Å². The molecular weight excluding hydrogens is 521 g/mol. The lowest BCUT2D eigenvalue weighted by Gasteiger charge is -2.16. The molecular formula is C21H23Cl2N5O4S2. The molecule has 1 amide bonds. The molecule has 0 saturated carbocycles. The van der Waals surface area contributed by atoms with Crippen molar-refractivity contribution in [2.75, 3.05) is 17.7 Å². The van der Waals surface area contributed by atoms with Crippen molar-refractivity contribution in [1.82, 2.24) is 19.7 Å². The molecule has 13 heteroatoms. The van der Waals surface area contributed by atoms with E-state index in [9.17, 15) is 9.59 Å². The zero-order valence-electron chi connectivity index (χ0n) is 18.9. The summed E-state index contributed by atoms with van der Waals surface area (Å²) in [4.78, 5) is 29.0. The summed E-state index contributed by atoms with van der Waals surface area (Å²) in [5, 5.41) is 13.0. The van der Waals surface area contributed by atoms with Crippen LogP contribution in [-0.2, 0) is 16.1 Å². The molecule has 0 bridgehead atoms. The van der Waals surface area contributed by atoms with E-state index in [0.717, 1.165) is 11.3 Å². The van der Waals surface area contributed by atoms with Gasteiger partial charge < -0.3 is 19.4 Å². The van der Waals surface area contributed by atoms with Gasteiger partial charge in [-0.05, 0) is 39.8 Å². The third kappa shape index (κ3) is 6.41. The van der Waals surface area contributed by atoms with Gasteiger partial charge in [0.25, 0.3) is 0 Å². The van der Waals surface area contributed by atoms with Crippen molar-refractivity contribution in [1.29, 1.82) is 0 Å². The summed E-state index contributed by atoms with van der Waals surface area (Å²) < 4.78 is 12.8. The Hall–Kier alpha value is -2.34. The van der Waals surface area contributed by atoms with E-state index in [2.05, 4.69) is 20.5 Å². The molecule has 1 atom stereocenters. The van der Waals surface area contributed by atoms with E-state index in [1.807, 2.05) is 18.4 Å². The number of hydrogen-bond donors (Lipinski definition) is 1. The SMILES string of the molecule is CCOC(=O)c1sc(NC(=O)CSc2nnc(C(C)Oc3cc(Cl)ccc3Cl)n2CC)nc1C. The molecule has 2 heterocycles. The van der Waals surface area contributed by atoms with Crippen LogP contribution in [0.3, 0.4) is 0 Å². The number of nitrogens with zero attached hydrogens (tertiary/aromatic N) is 4. The number of aromatic nitrogens is 4. The highest BCUT2D eigenvalue weighted by molar-refractivity contribution is 7.99. The average Bonchev–Trinajstić information content (AvgIpc) is 3.37. The lowest BCUT2D eigenvalue weighted by molar-refractivity contribution is -0.113. The average molecular weight is 544 g/mol. The number of benzene rings is 1. The summed E-state index contributed by atoms with van der Waals surface area (Å²) in [6, 6.07) is 4.98. The second-order valence-electron chi connectivity index (χ2n) is 6.91. The Kier molecular flexibility index (Phi) is 9.17. The number of aryl methyl sites for hydroxylation is 1. The molecule has 0 fully saturated rings. The summed E-state index contributed by atoms with van der Waals surface area (Å²) in [7, 11) is 0. The van der Waals surface area contributed by atoms with Gasteiger partial charge >= 0.3 is 5.97 Å². The molecule has 1 aromatic carbocycles. The number of carbonyl (C=O) groups excluding carboxylic acids is 2. The van der Waals surface area contributed by atoms with E-state index in [-0.39, 0.29) is 18.3 Å². The van der Waals surface area contributed by atoms with Crippen LogP contribution in [0, 0.1) is 6.92 Å². The van der Waals surface area contributed by atoms with Crippen LogP contribution in [0.15, 0.2) is 23.4 Å². The monoisotopic (exact) mass is 543 g/mol. The fraction of sp³-hybridized carbons (Fsp3) is 0.381. The van der Waals surface area contributed by atoms with E-state index in [1.165, 1.54) is 11.8 Å². The van der Waals surface area contributed by atoms with Crippen molar-refractivity contribution in [3.05, 3.63) is 44.6 Å². The largest absolute Gasteiger partial charge is 0.481 e. The third-order valence-electron chi connectivity index (χ3n) is 4.46. The number of esters is 1. The highest BCUT2D eigenvalue weighted by atomic mass is 35.5. The Bertz CT molecular complexity index is 1180. The van der Waals surface area contributed by atoms with Crippen LogP contribution in [0.1, 0.15) is 48.1 Å². The zero-order chi connectivity index (χ0) is 24.8. The molecule has 0 aliphatic carbocycles. The highest BCUT2D eigenvalue weighted by Crippen LogP contribution is 2.32. The van der Waals surface area contributed by atoms with Crippen LogP contribution in [0.4, 0.5) is 5.13 Å². The number of amides is 1. The van der Waals surface area contributed by atoms with Gasteiger partial charge in [0.15, 0.2) is 22.2 Å². The Balaban J connectivity index is 1.63. The normalized spacial score (nSPS) is 11.8. The first-order valence-corrected chi connectivity index (χ1v) is 12.9. The first-order valence-electron chi connectivity index (χ1n) is 10.3. The summed E-state index contributed by atoms with van der Waals surface area (Å²) in [5.41, 5.74) is 0.510. The number of rotatable bonds is 10. The number of ether oxygens (including phenoxy) is 2. The minimum atomic E-state index is -0.453. The first-order chi connectivity index (χ1) is 16.2. The molecule has 0 radical (unpaired) electrons. The molecule has 2 aromatic heterocycles. The molecule has 0 saturated heterocycles. The standard InChI is InChI=1S/C21H23Cl2N5O4S2/c1-5-28-18(12(4)32-15-9-13(22)7-8-14(15)23)26-27-21(28)33-10-16(29)25-20-24-11(3)17(34-20)19(30)31-6-2/h7-9,12H,5-6,10H2,1-4H3,(H,24,25,29). The predicted octanol–water partition coefficient (Wildman–Crippen LogP) is 5.42. The van der Waals surface area contributed by atoms with Crippen LogP contribution in [0.5, 0.6) is 5.75 Å². The lowest BCUT2D eigenvalue weighted by Crippen LogP contribution is -2.15. The lowest BCUT2D eigenvalue weighted by atomic mass is 10.3. The Morgan fingerprint density at radius 2 is 2.03 bits per heavy atom. The second-order valence-corrected chi connectivity index (χ2v) is 9.70.